The van der Waals surface area contributed by atoms with E-state index >= 15 is 0 Å². The van der Waals surface area contributed by atoms with Crippen molar-refractivity contribution >= 4 is 15.9 Å². The molecule has 0 aliphatic carbocycles. The Morgan fingerprint density at radius 2 is 1.63 bits per heavy atom. The standard InChI is InChI=1S/C17H28BrN/c1-13(2)11-19-12-15(17(3,4)5)10-14-6-8-16(18)9-7-14/h6-9,13,15,19H,10-12H2,1-5H3. The van der Waals surface area contributed by atoms with Gasteiger partial charge in [0.1, 0.15) is 0 Å². The second-order valence-corrected chi connectivity index (χ2v) is 7.86. The van der Waals surface area contributed by atoms with Crippen LogP contribution in [0.4, 0.5) is 0 Å². The van der Waals surface area contributed by atoms with Gasteiger partial charge < -0.3 is 5.32 Å². The van der Waals surface area contributed by atoms with E-state index < -0.39 is 0 Å². The lowest BCUT2D eigenvalue weighted by atomic mass is 9.77. The first-order valence-corrected chi connectivity index (χ1v) is 8.03. The number of rotatable bonds is 6. The minimum atomic E-state index is 0.330. The van der Waals surface area contributed by atoms with E-state index in [1.165, 1.54) is 5.56 Å². The van der Waals surface area contributed by atoms with Gasteiger partial charge in [-0.3, -0.25) is 0 Å². The van der Waals surface area contributed by atoms with Gasteiger partial charge in [-0.05, 0) is 54.5 Å². The number of benzene rings is 1. The van der Waals surface area contributed by atoms with E-state index in [1.807, 2.05) is 0 Å². The van der Waals surface area contributed by atoms with Gasteiger partial charge in [0.05, 0.1) is 0 Å². The lowest BCUT2D eigenvalue weighted by Gasteiger charge is -2.31. The average Bonchev–Trinajstić information content (AvgIpc) is 2.28. The Labute approximate surface area is 127 Å². The Hall–Kier alpha value is -0.340. The van der Waals surface area contributed by atoms with Gasteiger partial charge in [0.25, 0.3) is 0 Å². The van der Waals surface area contributed by atoms with Crippen LogP contribution in [-0.2, 0) is 6.42 Å². The van der Waals surface area contributed by atoms with E-state index in [-0.39, 0.29) is 0 Å². The monoisotopic (exact) mass is 325 g/mol. The van der Waals surface area contributed by atoms with Crippen LogP contribution in [0.5, 0.6) is 0 Å². The molecule has 108 valence electrons. The summed E-state index contributed by atoms with van der Waals surface area (Å²) in [5.41, 5.74) is 1.76. The Bertz CT molecular complexity index is 362. The van der Waals surface area contributed by atoms with E-state index in [2.05, 4.69) is 80.1 Å². The van der Waals surface area contributed by atoms with Gasteiger partial charge in [0.15, 0.2) is 0 Å². The molecule has 2 heteroatoms. The number of nitrogens with one attached hydrogen (secondary N) is 1. The number of hydrogen-bond acceptors (Lipinski definition) is 1. The second kappa shape index (κ2) is 7.44. The van der Waals surface area contributed by atoms with Crippen LogP contribution in [-0.4, -0.2) is 13.1 Å². The Morgan fingerprint density at radius 1 is 1.05 bits per heavy atom. The summed E-state index contributed by atoms with van der Waals surface area (Å²) >= 11 is 3.50. The summed E-state index contributed by atoms with van der Waals surface area (Å²) in [6, 6.07) is 8.73. The molecule has 0 amide bonds. The summed E-state index contributed by atoms with van der Waals surface area (Å²) in [5.74, 6) is 1.38. The molecule has 19 heavy (non-hydrogen) atoms. The molecule has 0 spiro atoms. The van der Waals surface area contributed by atoms with Crippen molar-refractivity contribution in [2.24, 2.45) is 17.3 Å². The summed E-state index contributed by atoms with van der Waals surface area (Å²) in [7, 11) is 0. The highest BCUT2D eigenvalue weighted by molar-refractivity contribution is 9.10. The van der Waals surface area contributed by atoms with Crippen LogP contribution in [0.15, 0.2) is 28.7 Å². The molecule has 0 aromatic heterocycles. The van der Waals surface area contributed by atoms with Gasteiger partial charge in [0, 0.05) is 4.47 Å². The first-order chi connectivity index (χ1) is 8.79. The zero-order chi connectivity index (χ0) is 14.5. The molecule has 1 N–H and O–H groups in total. The van der Waals surface area contributed by atoms with Crippen LogP contribution in [0.25, 0.3) is 0 Å². The molecular weight excluding hydrogens is 298 g/mol. The summed E-state index contributed by atoms with van der Waals surface area (Å²) in [5, 5.41) is 3.61. The molecule has 0 bridgehead atoms. The fourth-order valence-electron chi connectivity index (χ4n) is 2.14. The van der Waals surface area contributed by atoms with Gasteiger partial charge in [-0.15, -0.1) is 0 Å². The maximum absolute atomic E-state index is 3.61. The predicted octanol–water partition coefficient (Wildman–Crippen LogP) is 4.90. The van der Waals surface area contributed by atoms with Crippen molar-refractivity contribution in [2.75, 3.05) is 13.1 Å². The maximum atomic E-state index is 3.61. The molecule has 1 unspecified atom stereocenters. The van der Waals surface area contributed by atoms with Gasteiger partial charge in [0.2, 0.25) is 0 Å². The molecule has 1 atom stereocenters. The lowest BCUT2D eigenvalue weighted by Crippen LogP contribution is -2.35. The molecule has 1 aromatic rings. The highest BCUT2D eigenvalue weighted by Gasteiger charge is 2.24. The van der Waals surface area contributed by atoms with Gasteiger partial charge in [-0.25, -0.2) is 0 Å². The van der Waals surface area contributed by atoms with Crippen LogP contribution in [0, 0.1) is 17.3 Å². The van der Waals surface area contributed by atoms with Crippen molar-refractivity contribution < 1.29 is 0 Å². The van der Waals surface area contributed by atoms with Crippen LogP contribution in [0.2, 0.25) is 0 Å². The fourth-order valence-corrected chi connectivity index (χ4v) is 2.40. The molecule has 0 saturated heterocycles. The third kappa shape index (κ3) is 6.58. The van der Waals surface area contributed by atoms with Crippen molar-refractivity contribution in [3.05, 3.63) is 34.3 Å². The SMILES string of the molecule is CC(C)CNCC(Cc1ccc(Br)cc1)C(C)(C)C. The molecule has 1 rings (SSSR count). The van der Waals surface area contributed by atoms with Crippen LogP contribution >= 0.6 is 15.9 Å². The highest BCUT2D eigenvalue weighted by Crippen LogP contribution is 2.29. The third-order valence-electron chi connectivity index (χ3n) is 3.56. The fraction of sp³-hybridized carbons (Fsp3) is 0.647. The first kappa shape index (κ1) is 16.7. The van der Waals surface area contributed by atoms with Gasteiger partial charge in [-0.2, -0.15) is 0 Å². The Balaban J connectivity index is 2.62. The van der Waals surface area contributed by atoms with Crippen LogP contribution in [0.3, 0.4) is 0 Å². The highest BCUT2D eigenvalue weighted by atomic mass is 79.9. The summed E-state index contributed by atoms with van der Waals surface area (Å²) in [6.07, 6.45) is 1.14. The van der Waals surface area contributed by atoms with Crippen molar-refractivity contribution in [1.29, 1.82) is 0 Å². The topological polar surface area (TPSA) is 12.0 Å². The maximum Gasteiger partial charge on any atom is 0.0175 e. The predicted molar refractivity (Wildman–Crippen MR) is 88.5 cm³/mol. The quantitative estimate of drug-likeness (QED) is 0.784. The molecular formula is C17H28BrN. The largest absolute Gasteiger partial charge is 0.316 e. The smallest absolute Gasteiger partial charge is 0.0175 e. The van der Waals surface area contributed by atoms with Gasteiger partial charge in [-0.1, -0.05) is 62.7 Å². The lowest BCUT2D eigenvalue weighted by molar-refractivity contribution is 0.228. The minimum Gasteiger partial charge on any atom is -0.316 e. The van der Waals surface area contributed by atoms with E-state index in [0.29, 0.717) is 17.3 Å². The molecule has 0 heterocycles. The zero-order valence-electron chi connectivity index (χ0n) is 13.0. The van der Waals surface area contributed by atoms with Crippen molar-refractivity contribution in [3.8, 4) is 0 Å². The second-order valence-electron chi connectivity index (χ2n) is 6.95. The molecule has 0 radical (unpaired) electrons. The van der Waals surface area contributed by atoms with Crippen molar-refractivity contribution in [3.63, 3.8) is 0 Å². The molecule has 0 saturated carbocycles. The Kier molecular flexibility index (Phi) is 6.55. The number of hydrogen-bond donors (Lipinski definition) is 1. The van der Waals surface area contributed by atoms with E-state index in [9.17, 15) is 0 Å². The molecule has 1 aromatic carbocycles. The summed E-state index contributed by atoms with van der Waals surface area (Å²) in [6.45, 7) is 13.7. The van der Waals surface area contributed by atoms with Crippen LogP contribution < -0.4 is 5.32 Å². The summed E-state index contributed by atoms with van der Waals surface area (Å²) < 4.78 is 1.15. The Morgan fingerprint density at radius 3 is 2.11 bits per heavy atom. The first-order valence-electron chi connectivity index (χ1n) is 7.24. The van der Waals surface area contributed by atoms with E-state index in [4.69, 9.17) is 0 Å². The van der Waals surface area contributed by atoms with Crippen LogP contribution in [0.1, 0.15) is 40.2 Å². The zero-order valence-corrected chi connectivity index (χ0v) is 14.5. The molecule has 0 fully saturated rings. The normalized spacial score (nSPS) is 13.8. The van der Waals surface area contributed by atoms with Crippen molar-refractivity contribution in [1.82, 2.24) is 5.32 Å². The number of halogens is 1. The molecule has 0 aliphatic rings. The average molecular weight is 326 g/mol. The molecule has 1 nitrogen and oxygen atoms in total. The minimum absolute atomic E-state index is 0.330. The summed E-state index contributed by atoms with van der Waals surface area (Å²) in [4.78, 5) is 0. The van der Waals surface area contributed by atoms with E-state index in [0.717, 1.165) is 24.0 Å². The van der Waals surface area contributed by atoms with E-state index in [1.54, 1.807) is 0 Å². The van der Waals surface area contributed by atoms with Crippen molar-refractivity contribution in [2.45, 2.75) is 41.0 Å². The molecule has 0 aliphatic heterocycles. The van der Waals surface area contributed by atoms with Gasteiger partial charge >= 0.3 is 0 Å². The third-order valence-corrected chi connectivity index (χ3v) is 4.09.